The van der Waals surface area contributed by atoms with Gasteiger partial charge in [0, 0.05) is 5.56 Å². The van der Waals surface area contributed by atoms with Crippen LogP contribution in [0.25, 0.3) is 6.08 Å². The Kier molecular flexibility index (Phi) is 9.30. The number of ether oxygens (including phenoxy) is 4. The number of allylic oxidation sites excluding steroid dienone is 1. The van der Waals surface area contributed by atoms with Crippen molar-refractivity contribution >= 4 is 17.8 Å². The zero-order valence-electron chi connectivity index (χ0n) is 21.4. The van der Waals surface area contributed by atoms with Crippen LogP contribution in [0.3, 0.4) is 0 Å². The van der Waals surface area contributed by atoms with Crippen LogP contribution in [0.1, 0.15) is 70.0 Å². The van der Waals surface area contributed by atoms with Gasteiger partial charge in [0.1, 0.15) is 17.2 Å². The zero-order valence-corrected chi connectivity index (χ0v) is 21.4. The molecule has 0 saturated carbocycles. The molecule has 0 spiro atoms. The van der Waals surface area contributed by atoms with Crippen molar-refractivity contribution in [3.8, 4) is 17.2 Å². The number of carbonyl (C=O) groups excluding carboxylic acids is 2. The van der Waals surface area contributed by atoms with E-state index in [9.17, 15) is 9.59 Å². The second-order valence-electron chi connectivity index (χ2n) is 9.62. The number of aryl methyl sites for hydroxylation is 1. The van der Waals surface area contributed by atoms with Crippen LogP contribution in [0.5, 0.6) is 17.2 Å². The van der Waals surface area contributed by atoms with Gasteiger partial charge in [-0.15, -0.1) is 0 Å². The van der Waals surface area contributed by atoms with Gasteiger partial charge >= 0.3 is 5.97 Å². The molecule has 0 heterocycles. The van der Waals surface area contributed by atoms with Crippen LogP contribution in [0, 0.1) is 12.3 Å². The van der Waals surface area contributed by atoms with E-state index in [1.54, 1.807) is 51.1 Å². The van der Waals surface area contributed by atoms with Crippen LogP contribution >= 0.6 is 0 Å². The van der Waals surface area contributed by atoms with Crippen LogP contribution in [0.2, 0.25) is 0 Å². The van der Waals surface area contributed by atoms with Crippen LogP contribution < -0.4 is 14.2 Å². The summed E-state index contributed by atoms with van der Waals surface area (Å²) in [6.45, 7) is 14.9. The molecule has 0 fully saturated rings. The third-order valence-electron chi connectivity index (χ3n) is 4.64. The quantitative estimate of drug-likeness (QED) is 0.174. The van der Waals surface area contributed by atoms with Crippen molar-refractivity contribution in [2.45, 2.75) is 67.6 Å². The molecule has 0 aliphatic heterocycles. The number of hydrogen-bond donors (Lipinski definition) is 0. The van der Waals surface area contributed by atoms with E-state index in [0.717, 1.165) is 11.1 Å². The number of benzene rings is 2. The Bertz CT molecular complexity index is 1010. The molecule has 0 atom stereocenters. The van der Waals surface area contributed by atoms with Crippen molar-refractivity contribution in [1.29, 1.82) is 0 Å². The van der Waals surface area contributed by atoms with Gasteiger partial charge in [-0.2, -0.15) is 0 Å². The van der Waals surface area contributed by atoms with Crippen molar-refractivity contribution in [2.75, 3.05) is 6.79 Å². The first-order valence-corrected chi connectivity index (χ1v) is 11.5. The first-order valence-electron chi connectivity index (χ1n) is 11.5. The van der Waals surface area contributed by atoms with Gasteiger partial charge in [0.15, 0.2) is 5.78 Å². The standard InChI is InChI=1S/C28H36O6/c1-18(2)33-25-16-9-20(5)26(34-19(3)4)23(25)14-15-24(29)21-10-12-22(13-11-21)31-17-32-27(30)28(6,7)8/h9-16,18-19H,17H2,1-8H3. The largest absolute Gasteiger partial charge is 0.490 e. The highest BCUT2D eigenvalue weighted by Crippen LogP contribution is 2.35. The average Bonchev–Trinajstić information content (AvgIpc) is 2.74. The van der Waals surface area contributed by atoms with E-state index in [1.165, 1.54) is 6.08 Å². The fourth-order valence-corrected chi connectivity index (χ4v) is 2.94. The predicted molar refractivity (Wildman–Crippen MR) is 134 cm³/mol. The first kappa shape index (κ1) is 27.0. The third-order valence-corrected chi connectivity index (χ3v) is 4.64. The topological polar surface area (TPSA) is 71.1 Å². The Morgan fingerprint density at radius 3 is 2.09 bits per heavy atom. The number of ketones is 1. The molecule has 0 unspecified atom stereocenters. The SMILES string of the molecule is Cc1ccc(OC(C)C)c(C=CC(=O)c2ccc(OCOC(=O)C(C)(C)C)cc2)c1OC(C)C. The first-order chi connectivity index (χ1) is 15.9. The molecule has 6 heteroatoms. The van der Waals surface area contributed by atoms with E-state index in [4.69, 9.17) is 18.9 Å². The highest BCUT2D eigenvalue weighted by molar-refractivity contribution is 6.07. The molecular formula is C28H36O6. The van der Waals surface area contributed by atoms with Gasteiger partial charge in [0.05, 0.1) is 23.2 Å². The highest BCUT2D eigenvalue weighted by Gasteiger charge is 2.23. The summed E-state index contributed by atoms with van der Waals surface area (Å²) in [6, 6.07) is 10.5. The summed E-state index contributed by atoms with van der Waals surface area (Å²) in [4.78, 5) is 24.6. The molecule has 0 bridgehead atoms. The third kappa shape index (κ3) is 7.94. The average molecular weight is 469 g/mol. The second-order valence-corrected chi connectivity index (χ2v) is 9.62. The van der Waals surface area contributed by atoms with E-state index in [2.05, 4.69) is 0 Å². The maximum Gasteiger partial charge on any atom is 0.314 e. The number of esters is 1. The minimum atomic E-state index is -0.594. The van der Waals surface area contributed by atoms with Crippen molar-refractivity contribution in [2.24, 2.45) is 5.41 Å². The lowest BCUT2D eigenvalue weighted by atomic mass is 9.98. The monoisotopic (exact) mass is 468 g/mol. The summed E-state index contributed by atoms with van der Waals surface area (Å²) in [5.74, 6) is 1.35. The van der Waals surface area contributed by atoms with Crippen LogP contribution in [-0.4, -0.2) is 30.8 Å². The van der Waals surface area contributed by atoms with Crippen molar-refractivity contribution < 1.29 is 28.5 Å². The lowest BCUT2D eigenvalue weighted by Crippen LogP contribution is -2.24. The molecule has 0 radical (unpaired) electrons. The predicted octanol–water partition coefficient (Wildman–Crippen LogP) is 6.39. The van der Waals surface area contributed by atoms with Crippen LogP contribution in [0.4, 0.5) is 0 Å². The van der Waals surface area contributed by atoms with Crippen molar-refractivity contribution in [1.82, 2.24) is 0 Å². The van der Waals surface area contributed by atoms with Gasteiger partial charge in [0.25, 0.3) is 0 Å². The summed E-state index contributed by atoms with van der Waals surface area (Å²) in [5, 5.41) is 0. The molecule has 0 aliphatic carbocycles. The normalized spacial score (nSPS) is 11.7. The van der Waals surface area contributed by atoms with E-state index in [0.29, 0.717) is 22.8 Å². The number of rotatable bonds is 10. The van der Waals surface area contributed by atoms with E-state index >= 15 is 0 Å². The molecule has 0 aliphatic rings. The molecule has 0 saturated heterocycles. The molecule has 2 aromatic carbocycles. The van der Waals surface area contributed by atoms with Gasteiger partial charge in [-0.3, -0.25) is 9.59 Å². The van der Waals surface area contributed by atoms with Gasteiger partial charge in [-0.1, -0.05) is 6.07 Å². The Morgan fingerprint density at radius 1 is 0.912 bits per heavy atom. The van der Waals surface area contributed by atoms with Gasteiger partial charge in [-0.25, -0.2) is 0 Å². The van der Waals surface area contributed by atoms with Gasteiger partial charge in [-0.05, 0) is 103 Å². The zero-order chi connectivity index (χ0) is 25.5. The summed E-state index contributed by atoms with van der Waals surface area (Å²) < 4.78 is 22.5. The van der Waals surface area contributed by atoms with Crippen LogP contribution in [0.15, 0.2) is 42.5 Å². The molecule has 2 aromatic rings. The summed E-state index contributed by atoms with van der Waals surface area (Å²) in [6.07, 6.45) is 3.20. The Hall–Kier alpha value is -3.28. The summed E-state index contributed by atoms with van der Waals surface area (Å²) >= 11 is 0. The molecule has 184 valence electrons. The molecule has 0 amide bonds. The lowest BCUT2D eigenvalue weighted by Gasteiger charge is -2.19. The lowest BCUT2D eigenvalue weighted by molar-refractivity contribution is -0.159. The fourth-order valence-electron chi connectivity index (χ4n) is 2.94. The Morgan fingerprint density at radius 2 is 1.53 bits per heavy atom. The molecule has 2 rings (SSSR count). The van der Waals surface area contributed by atoms with E-state index in [-0.39, 0.29) is 30.8 Å². The van der Waals surface area contributed by atoms with E-state index in [1.807, 2.05) is 46.8 Å². The van der Waals surface area contributed by atoms with Gasteiger partial charge < -0.3 is 18.9 Å². The van der Waals surface area contributed by atoms with Crippen molar-refractivity contribution in [3.05, 3.63) is 59.2 Å². The molecule has 34 heavy (non-hydrogen) atoms. The van der Waals surface area contributed by atoms with Crippen LogP contribution in [-0.2, 0) is 9.53 Å². The molecular weight excluding hydrogens is 432 g/mol. The molecule has 0 aromatic heterocycles. The van der Waals surface area contributed by atoms with Gasteiger partial charge in [0.2, 0.25) is 6.79 Å². The smallest absolute Gasteiger partial charge is 0.314 e. The molecule has 6 nitrogen and oxygen atoms in total. The van der Waals surface area contributed by atoms with Crippen molar-refractivity contribution in [3.63, 3.8) is 0 Å². The Balaban J connectivity index is 2.16. The maximum absolute atomic E-state index is 12.8. The summed E-state index contributed by atoms with van der Waals surface area (Å²) in [5.41, 5.74) is 1.60. The highest BCUT2D eigenvalue weighted by atomic mass is 16.7. The number of hydrogen-bond acceptors (Lipinski definition) is 6. The minimum absolute atomic E-state index is 0.0207. The minimum Gasteiger partial charge on any atom is -0.490 e. The maximum atomic E-state index is 12.8. The summed E-state index contributed by atoms with van der Waals surface area (Å²) in [7, 11) is 0. The fraction of sp³-hybridized carbons (Fsp3) is 0.429. The number of carbonyl (C=O) groups is 2. The second kappa shape index (κ2) is 11.7. The van der Waals surface area contributed by atoms with E-state index < -0.39 is 5.41 Å². The molecule has 0 N–H and O–H groups in total. The Labute approximate surface area is 202 Å².